The van der Waals surface area contributed by atoms with Crippen molar-refractivity contribution in [2.24, 2.45) is 0 Å². The van der Waals surface area contributed by atoms with Crippen molar-refractivity contribution in [2.45, 2.75) is 6.42 Å². The first-order valence-electron chi connectivity index (χ1n) is 10.9. The quantitative estimate of drug-likeness (QED) is 0.568. The van der Waals surface area contributed by atoms with Crippen LogP contribution in [0.25, 0.3) is 0 Å². The van der Waals surface area contributed by atoms with Gasteiger partial charge in [0, 0.05) is 36.8 Å². The fraction of sp³-hybridized carbons (Fsp3) is 0.240. The van der Waals surface area contributed by atoms with Gasteiger partial charge in [0.1, 0.15) is 17.4 Å². The van der Waals surface area contributed by atoms with E-state index < -0.39 is 5.82 Å². The summed E-state index contributed by atoms with van der Waals surface area (Å²) in [6.45, 7) is 2.31. The predicted octanol–water partition coefficient (Wildman–Crippen LogP) is 4.24. The van der Waals surface area contributed by atoms with Crippen molar-refractivity contribution in [1.29, 1.82) is 0 Å². The summed E-state index contributed by atoms with van der Waals surface area (Å²) >= 11 is 5.84. The predicted molar refractivity (Wildman–Crippen MR) is 129 cm³/mol. The maximum absolute atomic E-state index is 13.5. The minimum atomic E-state index is -0.421. The Morgan fingerprint density at radius 2 is 1.85 bits per heavy atom. The highest BCUT2D eigenvalue weighted by Gasteiger charge is 2.21. The van der Waals surface area contributed by atoms with Crippen LogP contribution in [0.3, 0.4) is 0 Å². The number of halogens is 2. The zero-order valence-corrected chi connectivity index (χ0v) is 19.2. The Kier molecular flexibility index (Phi) is 7.59. The molecular weight excluding hydrogens is 459 g/mol. The summed E-state index contributed by atoms with van der Waals surface area (Å²) in [5.74, 6) is 0.420. The van der Waals surface area contributed by atoms with E-state index in [0.717, 1.165) is 18.8 Å². The normalized spacial score (nSPS) is 13.8. The second kappa shape index (κ2) is 11.0. The molecule has 1 N–H and O–H groups in total. The summed E-state index contributed by atoms with van der Waals surface area (Å²) in [6, 6.07) is 16.1. The number of ether oxygens (including phenoxy) is 1. The van der Waals surface area contributed by atoms with Crippen molar-refractivity contribution in [1.82, 2.24) is 9.88 Å². The monoisotopic (exact) mass is 482 g/mol. The standard InChI is InChI=1S/C25H24ClFN4O3/c26-19-5-8-22(9-6-19)34-17-24(32)29-21-7-10-23(28-16-21)30-11-2-12-31(14-13-30)25(33)18-3-1-4-20(27)15-18/h1,3-10,15-16H,2,11-14,17H2,(H,29,32). The van der Waals surface area contributed by atoms with E-state index in [0.29, 0.717) is 41.7 Å². The summed E-state index contributed by atoms with van der Waals surface area (Å²) in [6.07, 6.45) is 2.36. The molecule has 0 spiro atoms. The molecular formula is C25H24ClFN4O3. The lowest BCUT2D eigenvalue weighted by Crippen LogP contribution is -2.35. The third-order valence-electron chi connectivity index (χ3n) is 5.39. The minimum absolute atomic E-state index is 0.134. The molecule has 0 atom stereocenters. The molecule has 1 aliphatic heterocycles. The summed E-state index contributed by atoms with van der Waals surface area (Å²) < 4.78 is 18.9. The lowest BCUT2D eigenvalue weighted by atomic mass is 10.2. The van der Waals surface area contributed by atoms with Crippen molar-refractivity contribution in [3.8, 4) is 5.75 Å². The zero-order chi connectivity index (χ0) is 23.9. The van der Waals surface area contributed by atoms with Crippen LogP contribution in [0.1, 0.15) is 16.8 Å². The number of hydrogen-bond acceptors (Lipinski definition) is 5. The van der Waals surface area contributed by atoms with E-state index in [2.05, 4.69) is 15.2 Å². The number of hydrogen-bond donors (Lipinski definition) is 1. The molecule has 1 saturated heterocycles. The molecule has 2 aromatic carbocycles. The Morgan fingerprint density at radius 3 is 2.59 bits per heavy atom. The average molecular weight is 483 g/mol. The van der Waals surface area contributed by atoms with Crippen molar-refractivity contribution in [2.75, 3.05) is 43.0 Å². The molecule has 0 saturated carbocycles. The van der Waals surface area contributed by atoms with Crippen molar-refractivity contribution in [3.63, 3.8) is 0 Å². The molecule has 2 heterocycles. The highest BCUT2D eigenvalue weighted by Crippen LogP contribution is 2.18. The van der Waals surface area contributed by atoms with E-state index in [9.17, 15) is 14.0 Å². The van der Waals surface area contributed by atoms with Gasteiger partial charge >= 0.3 is 0 Å². The second-order valence-corrected chi connectivity index (χ2v) is 8.28. The second-order valence-electron chi connectivity index (χ2n) is 7.84. The number of nitrogens with zero attached hydrogens (tertiary/aromatic N) is 3. The molecule has 176 valence electrons. The van der Waals surface area contributed by atoms with Crippen LogP contribution >= 0.6 is 11.6 Å². The van der Waals surface area contributed by atoms with Crippen molar-refractivity contribution < 1.29 is 18.7 Å². The molecule has 9 heteroatoms. The maximum atomic E-state index is 13.5. The highest BCUT2D eigenvalue weighted by molar-refractivity contribution is 6.30. The Morgan fingerprint density at radius 1 is 1.03 bits per heavy atom. The Hall–Kier alpha value is -3.65. The number of anilines is 2. The molecule has 4 rings (SSSR count). The van der Waals surface area contributed by atoms with Gasteiger partial charge in [-0.25, -0.2) is 9.37 Å². The molecule has 2 amide bonds. The van der Waals surface area contributed by atoms with E-state index in [1.165, 1.54) is 12.1 Å². The van der Waals surface area contributed by atoms with E-state index in [1.807, 2.05) is 6.07 Å². The average Bonchev–Trinajstić information content (AvgIpc) is 3.10. The minimum Gasteiger partial charge on any atom is -0.484 e. The van der Waals surface area contributed by atoms with Crippen molar-refractivity contribution >= 4 is 34.9 Å². The van der Waals surface area contributed by atoms with Gasteiger partial charge in [-0.3, -0.25) is 9.59 Å². The van der Waals surface area contributed by atoms with Gasteiger partial charge in [-0.1, -0.05) is 17.7 Å². The SMILES string of the molecule is O=C(COc1ccc(Cl)cc1)Nc1ccc(N2CCCN(C(=O)c3cccc(F)c3)CC2)nc1. The number of amides is 2. The van der Waals surface area contributed by atoms with E-state index >= 15 is 0 Å². The zero-order valence-electron chi connectivity index (χ0n) is 18.4. The number of carbonyl (C=O) groups is 2. The van der Waals surface area contributed by atoms with Crippen LogP contribution in [0.5, 0.6) is 5.75 Å². The number of pyridine rings is 1. The molecule has 7 nitrogen and oxygen atoms in total. The Balaban J connectivity index is 1.29. The number of rotatable bonds is 6. The largest absolute Gasteiger partial charge is 0.484 e. The first kappa shape index (κ1) is 23.5. The molecule has 3 aromatic rings. The number of carbonyl (C=O) groups excluding carboxylic acids is 2. The van der Waals surface area contributed by atoms with Crippen LogP contribution in [0, 0.1) is 5.82 Å². The third-order valence-corrected chi connectivity index (χ3v) is 5.65. The van der Waals surface area contributed by atoms with Crippen LogP contribution < -0.4 is 15.0 Å². The molecule has 1 fully saturated rings. The van der Waals surface area contributed by atoms with Crippen LogP contribution in [-0.4, -0.2) is 54.5 Å². The molecule has 1 aliphatic rings. The fourth-order valence-electron chi connectivity index (χ4n) is 3.68. The third kappa shape index (κ3) is 6.23. The molecule has 0 radical (unpaired) electrons. The van der Waals surface area contributed by atoms with Gasteiger partial charge in [0.2, 0.25) is 0 Å². The van der Waals surface area contributed by atoms with Gasteiger partial charge in [0.15, 0.2) is 6.61 Å². The van der Waals surface area contributed by atoms with E-state index in [4.69, 9.17) is 16.3 Å². The molecule has 0 unspecified atom stereocenters. The van der Waals surface area contributed by atoms with Gasteiger partial charge in [-0.15, -0.1) is 0 Å². The number of nitrogens with one attached hydrogen (secondary N) is 1. The maximum Gasteiger partial charge on any atom is 0.262 e. The Labute approximate surface area is 202 Å². The van der Waals surface area contributed by atoms with Gasteiger partial charge in [0.25, 0.3) is 11.8 Å². The van der Waals surface area contributed by atoms with Gasteiger partial charge in [0.05, 0.1) is 11.9 Å². The Bertz CT molecular complexity index is 1140. The topological polar surface area (TPSA) is 74.8 Å². The van der Waals surface area contributed by atoms with Crippen LogP contribution in [0.2, 0.25) is 5.02 Å². The molecule has 34 heavy (non-hydrogen) atoms. The van der Waals surface area contributed by atoms with Gasteiger partial charge in [-0.2, -0.15) is 0 Å². The van der Waals surface area contributed by atoms with Crippen LogP contribution in [-0.2, 0) is 4.79 Å². The summed E-state index contributed by atoms with van der Waals surface area (Å²) in [5.41, 5.74) is 0.915. The lowest BCUT2D eigenvalue weighted by Gasteiger charge is -2.23. The number of benzene rings is 2. The summed E-state index contributed by atoms with van der Waals surface area (Å²) in [7, 11) is 0. The highest BCUT2D eigenvalue weighted by atomic mass is 35.5. The summed E-state index contributed by atoms with van der Waals surface area (Å²) in [5, 5.41) is 3.35. The van der Waals surface area contributed by atoms with Crippen molar-refractivity contribution in [3.05, 3.63) is 83.3 Å². The molecule has 1 aromatic heterocycles. The van der Waals surface area contributed by atoms with Crippen LogP contribution in [0.15, 0.2) is 66.9 Å². The van der Waals surface area contributed by atoms with Gasteiger partial charge in [-0.05, 0) is 61.0 Å². The molecule has 0 aliphatic carbocycles. The lowest BCUT2D eigenvalue weighted by molar-refractivity contribution is -0.118. The first-order chi connectivity index (χ1) is 16.5. The number of aromatic nitrogens is 1. The van der Waals surface area contributed by atoms with E-state index in [1.54, 1.807) is 53.6 Å². The first-order valence-corrected chi connectivity index (χ1v) is 11.3. The fourth-order valence-corrected chi connectivity index (χ4v) is 3.80. The van der Waals surface area contributed by atoms with E-state index in [-0.39, 0.29) is 18.4 Å². The smallest absolute Gasteiger partial charge is 0.262 e. The van der Waals surface area contributed by atoms with Gasteiger partial charge < -0.3 is 19.9 Å². The van der Waals surface area contributed by atoms with Crippen LogP contribution in [0.4, 0.5) is 15.9 Å². The molecule has 0 bridgehead atoms. The summed E-state index contributed by atoms with van der Waals surface area (Å²) in [4.78, 5) is 33.2.